The van der Waals surface area contributed by atoms with E-state index in [9.17, 15) is 14.7 Å². The fourth-order valence-corrected chi connectivity index (χ4v) is 2.59. The van der Waals surface area contributed by atoms with Crippen LogP contribution in [-0.2, 0) is 18.4 Å². The molecule has 2 heterocycles. The molecule has 0 radical (unpaired) electrons. The SMILES string of the molecule is Cn1cc2c(n1)C(=O)C(C(=O)O)CN2Cc1ccccc1. The van der Waals surface area contributed by atoms with Crippen molar-refractivity contribution in [3.63, 3.8) is 0 Å². The lowest BCUT2D eigenvalue weighted by molar-refractivity contribution is -0.139. The molecule has 0 saturated carbocycles. The zero-order chi connectivity index (χ0) is 15.0. The predicted molar refractivity (Wildman–Crippen MR) is 76.2 cm³/mol. The zero-order valence-electron chi connectivity index (χ0n) is 11.6. The van der Waals surface area contributed by atoms with Gasteiger partial charge in [0.05, 0.1) is 5.69 Å². The van der Waals surface area contributed by atoms with Gasteiger partial charge in [0.25, 0.3) is 0 Å². The molecule has 21 heavy (non-hydrogen) atoms. The lowest BCUT2D eigenvalue weighted by Crippen LogP contribution is -2.42. The average Bonchev–Trinajstić information content (AvgIpc) is 2.85. The molecule has 0 spiro atoms. The molecule has 1 N–H and O–H groups in total. The molecule has 1 aromatic carbocycles. The minimum absolute atomic E-state index is 0.168. The molecule has 6 nitrogen and oxygen atoms in total. The van der Waals surface area contributed by atoms with Crippen molar-refractivity contribution in [1.82, 2.24) is 9.78 Å². The lowest BCUT2D eigenvalue weighted by Gasteiger charge is -2.30. The molecule has 0 aliphatic carbocycles. The quantitative estimate of drug-likeness (QED) is 0.861. The standard InChI is InChI=1S/C15H15N3O3/c1-17-9-12-13(16-17)14(19)11(15(20)21)8-18(12)7-10-5-3-2-4-6-10/h2-6,9,11H,7-8H2,1H3,(H,20,21). The van der Waals surface area contributed by atoms with E-state index in [2.05, 4.69) is 5.10 Å². The highest BCUT2D eigenvalue weighted by molar-refractivity contribution is 6.12. The van der Waals surface area contributed by atoms with E-state index >= 15 is 0 Å². The van der Waals surface area contributed by atoms with Crippen LogP contribution in [0.5, 0.6) is 0 Å². The summed E-state index contributed by atoms with van der Waals surface area (Å²) in [5, 5.41) is 13.4. The maximum atomic E-state index is 12.2. The Labute approximate surface area is 121 Å². The summed E-state index contributed by atoms with van der Waals surface area (Å²) in [7, 11) is 1.72. The molecule has 0 amide bonds. The van der Waals surface area contributed by atoms with Crippen molar-refractivity contribution < 1.29 is 14.7 Å². The molecule has 1 aliphatic rings. The maximum Gasteiger partial charge on any atom is 0.316 e. The fraction of sp³-hybridized carbons (Fsp3) is 0.267. The number of fused-ring (bicyclic) bond motifs is 1. The van der Waals surface area contributed by atoms with E-state index in [1.54, 1.807) is 17.9 Å². The molecule has 6 heteroatoms. The number of carboxylic acids is 1. The van der Waals surface area contributed by atoms with Crippen molar-refractivity contribution in [1.29, 1.82) is 0 Å². The van der Waals surface area contributed by atoms with Gasteiger partial charge in [-0.25, -0.2) is 0 Å². The number of benzene rings is 1. The number of hydrogen-bond acceptors (Lipinski definition) is 4. The molecule has 2 aromatic rings. The van der Waals surface area contributed by atoms with E-state index in [-0.39, 0.29) is 12.2 Å². The first kappa shape index (κ1) is 13.4. The van der Waals surface area contributed by atoms with Gasteiger partial charge in [0.2, 0.25) is 5.78 Å². The minimum atomic E-state index is -1.10. The molecule has 108 valence electrons. The summed E-state index contributed by atoms with van der Waals surface area (Å²) in [6.07, 6.45) is 1.76. The highest BCUT2D eigenvalue weighted by Crippen LogP contribution is 2.30. The molecular formula is C15H15N3O3. The molecule has 1 unspecified atom stereocenters. The van der Waals surface area contributed by atoms with Crippen molar-refractivity contribution in [3.8, 4) is 0 Å². The number of aliphatic carboxylic acids is 1. The van der Waals surface area contributed by atoms with Gasteiger partial charge in [-0.15, -0.1) is 0 Å². The summed E-state index contributed by atoms with van der Waals surface area (Å²) in [4.78, 5) is 25.4. The molecule has 1 aliphatic heterocycles. The summed E-state index contributed by atoms with van der Waals surface area (Å²) in [5.74, 6) is -2.58. The summed E-state index contributed by atoms with van der Waals surface area (Å²) < 4.78 is 1.55. The van der Waals surface area contributed by atoms with Crippen molar-refractivity contribution >= 4 is 17.4 Å². The topological polar surface area (TPSA) is 75.4 Å². The van der Waals surface area contributed by atoms with Crippen LogP contribution in [0.25, 0.3) is 0 Å². The van der Waals surface area contributed by atoms with Crippen LogP contribution in [0.4, 0.5) is 5.69 Å². The second-order valence-corrected chi connectivity index (χ2v) is 5.16. The summed E-state index contributed by atoms with van der Waals surface area (Å²) >= 11 is 0. The van der Waals surface area contributed by atoms with Crippen molar-refractivity contribution in [2.24, 2.45) is 13.0 Å². The Morgan fingerprint density at radius 3 is 2.76 bits per heavy atom. The summed E-state index contributed by atoms with van der Waals surface area (Å²) in [6.45, 7) is 0.721. The van der Waals surface area contributed by atoms with Gasteiger partial charge >= 0.3 is 5.97 Å². The van der Waals surface area contributed by atoms with Crippen LogP contribution in [0.2, 0.25) is 0 Å². The normalized spacial score (nSPS) is 17.7. The number of ketones is 1. The lowest BCUT2D eigenvalue weighted by atomic mass is 9.95. The average molecular weight is 285 g/mol. The number of nitrogens with zero attached hydrogens (tertiary/aromatic N) is 3. The largest absolute Gasteiger partial charge is 0.481 e. The number of anilines is 1. The Bertz CT molecular complexity index is 693. The second kappa shape index (κ2) is 5.05. The van der Waals surface area contributed by atoms with Gasteiger partial charge in [-0.2, -0.15) is 5.10 Å². The van der Waals surface area contributed by atoms with Crippen molar-refractivity contribution in [2.75, 3.05) is 11.4 Å². The monoisotopic (exact) mass is 285 g/mol. The van der Waals surface area contributed by atoms with Crippen molar-refractivity contribution in [3.05, 3.63) is 47.8 Å². The van der Waals surface area contributed by atoms with E-state index in [1.165, 1.54) is 0 Å². The summed E-state index contributed by atoms with van der Waals surface area (Å²) in [6, 6.07) is 9.75. The Kier molecular flexibility index (Phi) is 3.21. The zero-order valence-corrected chi connectivity index (χ0v) is 11.6. The number of aryl methyl sites for hydroxylation is 1. The Morgan fingerprint density at radius 1 is 1.38 bits per heavy atom. The summed E-state index contributed by atoms with van der Waals surface area (Å²) in [5.41, 5.74) is 2.00. The maximum absolute atomic E-state index is 12.2. The first-order valence-electron chi connectivity index (χ1n) is 6.66. The van der Waals surface area contributed by atoms with E-state index < -0.39 is 17.7 Å². The molecule has 1 aromatic heterocycles. The van der Waals surface area contributed by atoms with E-state index in [4.69, 9.17) is 0 Å². The number of hydrogen-bond donors (Lipinski definition) is 1. The van der Waals surface area contributed by atoms with Crippen LogP contribution in [0.3, 0.4) is 0 Å². The van der Waals surface area contributed by atoms with Gasteiger partial charge in [-0.3, -0.25) is 14.3 Å². The third kappa shape index (κ3) is 2.40. The van der Waals surface area contributed by atoms with Crippen LogP contribution in [0, 0.1) is 5.92 Å². The number of carboxylic acid groups (broad SMARTS) is 1. The first-order chi connectivity index (χ1) is 10.1. The number of aromatic nitrogens is 2. The van der Waals surface area contributed by atoms with E-state index in [0.29, 0.717) is 12.2 Å². The Hall–Kier alpha value is -2.63. The van der Waals surface area contributed by atoms with E-state index in [1.807, 2.05) is 35.2 Å². The molecule has 1 atom stereocenters. The number of rotatable bonds is 3. The predicted octanol–water partition coefficient (Wildman–Crippen LogP) is 1.32. The first-order valence-corrected chi connectivity index (χ1v) is 6.66. The smallest absolute Gasteiger partial charge is 0.316 e. The third-order valence-corrected chi connectivity index (χ3v) is 3.62. The molecule has 0 saturated heterocycles. The van der Waals surface area contributed by atoms with Crippen LogP contribution in [-0.4, -0.2) is 33.2 Å². The second-order valence-electron chi connectivity index (χ2n) is 5.16. The van der Waals surface area contributed by atoms with Crippen molar-refractivity contribution in [2.45, 2.75) is 6.54 Å². The fourth-order valence-electron chi connectivity index (χ4n) is 2.59. The molecule has 0 fully saturated rings. The van der Waals surface area contributed by atoms with E-state index in [0.717, 1.165) is 5.56 Å². The number of carbonyl (C=O) groups is 2. The van der Waals surface area contributed by atoms with Gasteiger partial charge < -0.3 is 10.0 Å². The van der Waals surface area contributed by atoms with Crippen LogP contribution in [0.1, 0.15) is 16.1 Å². The third-order valence-electron chi connectivity index (χ3n) is 3.62. The number of Topliss-reactive ketones (excluding diaryl/α,β-unsaturated/α-hetero) is 1. The van der Waals surface area contributed by atoms with Gasteiger partial charge in [-0.1, -0.05) is 30.3 Å². The van der Waals surface area contributed by atoms with Crippen LogP contribution in [0.15, 0.2) is 36.5 Å². The molecule has 0 bridgehead atoms. The van der Waals surface area contributed by atoms with Crippen LogP contribution < -0.4 is 4.90 Å². The number of carbonyl (C=O) groups excluding carboxylic acids is 1. The molecule has 3 rings (SSSR count). The Balaban J connectivity index is 1.98. The van der Waals surface area contributed by atoms with Gasteiger partial charge in [0, 0.05) is 26.3 Å². The van der Waals surface area contributed by atoms with Gasteiger partial charge in [0.1, 0.15) is 5.92 Å². The minimum Gasteiger partial charge on any atom is -0.481 e. The molecular weight excluding hydrogens is 270 g/mol. The highest BCUT2D eigenvalue weighted by atomic mass is 16.4. The Morgan fingerprint density at radius 2 is 2.10 bits per heavy atom. The highest BCUT2D eigenvalue weighted by Gasteiger charge is 2.38. The van der Waals surface area contributed by atoms with Crippen LogP contribution >= 0.6 is 0 Å². The van der Waals surface area contributed by atoms with Gasteiger partial charge in [0.15, 0.2) is 5.69 Å². The van der Waals surface area contributed by atoms with Gasteiger partial charge in [-0.05, 0) is 5.56 Å².